The first kappa shape index (κ1) is 14.0. The Bertz CT molecular complexity index is 528. The summed E-state index contributed by atoms with van der Waals surface area (Å²) in [6, 6.07) is 4.44. The van der Waals surface area contributed by atoms with Crippen molar-refractivity contribution in [3.63, 3.8) is 0 Å². The fraction of sp³-hybridized carbons (Fsp3) is 0.455. The summed E-state index contributed by atoms with van der Waals surface area (Å²) in [4.78, 5) is 0.0941. The SMILES string of the molecule is Nc1ccc(S(=O)(=O)NC2CCSCC2)c(Cl)c1. The number of hydrogen-bond acceptors (Lipinski definition) is 4. The summed E-state index contributed by atoms with van der Waals surface area (Å²) in [5.74, 6) is 1.98. The van der Waals surface area contributed by atoms with Gasteiger partial charge >= 0.3 is 0 Å². The molecule has 1 aromatic rings. The van der Waals surface area contributed by atoms with E-state index in [4.69, 9.17) is 17.3 Å². The topological polar surface area (TPSA) is 72.2 Å². The third-order valence-electron chi connectivity index (χ3n) is 2.79. The largest absolute Gasteiger partial charge is 0.399 e. The Morgan fingerprint density at radius 3 is 2.61 bits per heavy atom. The second-order valence-electron chi connectivity index (χ2n) is 4.20. The molecule has 1 heterocycles. The van der Waals surface area contributed by atoms with Gasteiger partial charge in [0.1, 0.15) is 4.90 Å². The molecular formula is C11H15ClN2O2S2. The molecule has 7 heteroatoms. The molecule has 0 saturated carbocycles. The van der Waals surface area contributed by atoms with Crippen LogP contribution in [0.1, 0.15) is 12.8 Å². The van der Waals surface area contributed by atoms with E-state index in [0.29, 0.717) is 5.69 Å². The Morgan fingerprint density at radius 1 is 1.33 bits per heavy atom. The smallest absolute Gasteiger partial charge is 0.242 e. The van der Waals surface area contributed by atoms with E-state index < -0.39 is 10.0 Å². The van der Waals surface area contributed by atoms with Crippen LogP contribution in [0.25, 0.3) is 0 Å². The molecule has 0 aliphatic carbocycles. The molecule has 0 radical (unpaired) electrons. The number of sulfonamides is 1. The van der Waals surface area contributed by atoms with E-state index in [1.54, 1.807) is 0 Å². The van der Waals surface area contributed by atoms with Gasteiger partial charge in [-0.2, -0.15) is 11.8 Å². The van der Waals surface area contributed by atoms with Gasteiger partial charge in [0.25, 0.3) is 0 Å². The van der Waals surface area contributed by atoms with Crippen molar-refractivity contribution >= 4 is 39.1 Å². The highest BCUT2D eigenvalue weighted by Crippen LogP contribution is 2.25. The maximum absolute atomic E-state index is 12.2. The lowest BCUT2D eigenvalue weighted by Crippen LogP contribution is -2.37. The van der Waals surface area contributed by atoms with Gasteiger partial charge in [-0.05, 0) is 42.5 Å². The molecule has 1 aromatic carbocycles. The van der Waals surface area contributed by atoms with Crippen molar-refractivity contribution in [3.05, 3.63) is 23.2 Å². The predicted octanol–water partition coefficient (Wildman–Crippen LogP) is 2.10. The Hall–Kier alpha value is -0.430. The Morgan fingerprint density at radius 2 is 2.00 bits per heavy atom. The van der Waals surface area contributed by atoms with Crippen LogP contribution < -0.4 is 10.5 Å². The van der Waals surface area contributed by atoms with Crippen LogP contribution in [0.5, 0.6) is 0 Å². The highest BCUT2D eigenvalue weighted by atomic mass is 35.5. The van der Waals surface area contributed by atoms with Gasteiger partial charge in [0.15, 0.2) is 0 Å². The van der Waals surface area contributed by atoms with Crippen molar-refractivity contribution in [1.29, 1.82) is 0 Å². The number of rotatable bonds is 3. The third kappa shape index (κ3) is 3.32. The number of nitrogen functional groups attached to an aromatic ring is 1. The zero-order valence-electron chi connectivity index (χ0n) is 9.73. The van der Waals surface area contributed by atoms with Gasteiger partial charge in [-0.25, -0.2) is 13.1 Å². The Labute approximate surface area is 116 Å². The molecule has 18 heavy (non-hydrogen) atoms. The first-order valence-electron chi connectivity index (χ1n) is 5.64. The van der Waals surface area contributed by atoms with Crippen LogP contribution in [0.3, 0.4) is 0 Å². The molecule has 1 saturated heterocycles. The second kappa shape index (κ2) is 5.69. The van der Waals surface area contributed by atoms with Crippen LogP contribution in [0, 0.1) is 0 Å². The van der Waals surface area contributed by atoms with Crippen molar-refractivity contribution in [1.82, 2.24) is 4.72 Å². The van der Waals surface area contributed by atoms with Crippen LogP contribution in [-0.4, -0.2) is 26.0 Å². The average Bonchev–Trinajstić information content (AvgIpc) is 2.29. The van der Waals surface area contributed by atoms with Crippen LogP contribution in [0.4, 0.5) is 5.69 Å². The minimum Gasteiger partial charge on any atom is -0.399 e. The monoisotopic (exact) mass is 306 g/mol. The molecule has 100 valence electrons. The number of benzene rings is 1. The van der Waals surface area contributed by atoms with Gasteiger partial charge in [-0.15, -0.1) is 0 Å². The quantitative estimate of drug-likeness (QED) is 0.839. The van der Waals surface area contributed by atoms with E-state index in [1.807, 2.05) is 11.8 Å². The standard InChI is InChI=1S/C11H15ClN2O2S2/c12-10-7-8(13)1-2-11(10)18(15,16)14-9-3-5-17-6-4-9/h1-2,7,9,14H,3-6,13H2. The van der Waals surface area contributed by atoms with E-state index >= 15 is 0 Å². The van der Waals surface area contributed by atoms with Crippen LogP contribution in [-0.2, 0) is 10.0 Å². The normalized spacial score (nSPS) is 17.8. The molecule has 1 aliphatic heterocycles. The minimum absolute atomic E-state index is 0.00451. The maximum atomic E-state index is 12.2. The van der Waals surface area contributed by atoms with E-state index in [2.05, 4.69) is 4.72 Å². The molecular weight excluding hydrogens is 292 g/mol. The number of anilines is 1. The molecule has 0 aromatic heterocycles. The summed E-state index contributed by atoms with van der Waals surface area (Å²) in [6.45, 7) is 0. The molecule has 0 unspecified atom stereocenters. The van der Waals surface area contributed by atoms with E-state index in [-0.39, 0.29) is 16.0 Å². The first-order chi connectivity index (χ1) is 8.49. The van der Waals surface area contributed by atoms with Crippen LogP contribution in [0.15, 0.2) is 23.1 Å². The first-order valence-corrected chi connectivity index (χ1v) is 8.66. The molecule has 0 amide bonds. The lowest BCUT2D eigenvalue weighted by atomic mass is 10.2. The molecule has 3 N–H and O–H groups in total. The van der Waals surface area contributed by atoms with Crippen molar-refractivity contribution < 1.29 is 8.42 Å². The third-order valence-corrected chi connectivity index (χ3v) is 5.84. The molecule has 0 atom stereocenters. The van der Waals surface area contributed by atoms with E-state index in [0.717, 1.165) is 24.3 Å². The van der Waals surface area contributed by atoms with Crippen molar-refractivity contribution in [3.8, 4) is 0 Å². The van der Waals surface area contributed by atoms with Gasteiger partial charge in [-0.3, -0.25) is 0 Å². The van der Waals surface area contributed by atoms with Gasteiger partial charge in [0, 0.05) is 11.7 Å². The number of nitrogens with two attached hydrogens (primary N) is 1. The van der Waals surface area contributed by atoms with E-state index in [1.165, 1.54) is 18.2 Å². The van der Waals surface area contributed by atoms with Crippen LogP contribution >= 0.6 is 23.4 Å². The zero-order valence-corrected chi connectivity index (χ0v) is 12.1. The van der Waals surface area contributed by atoms with Gasteiger partial charge < -0.3 is 5.73 Å². The minimum atomic E-state index is -3.55. The molecule has 0 bridgehead atoms. The van der Waals surface area contributed by atoms with Gasteiger partial charge in [0.05, 0.1) is 5.02 Å². The Kier molecular flexibility index (Phi) is 4.42. The summed E-state index contributed by atoms with van der Waals surface area (Å²) in [5, 5.41) is 0.160. The molecule has 4 nitrogen and oxygen atoms in total. The lowest BCUT2D eigenvalue weighted by molar-refractivity contribution is 0.529. The number of thioether (sulfide) groups is 1. The summed E-state index contributed by atoms with van der Waals surface area (Å²) in [5.41, 5.74) is 6.00. The highest BCUT2D eigenvalue weighted by Gasteiger charge is 2.23. The molecule has 0 spiro atoms. The molecule has 2 rings (SSSR count). The molecule has 1 fully saturated rings. The highest BCUT2D eigenvalue weighted by molar-refractivity contribution is 7.99. The number of halogens is 1. The van der Waals surface area contributed by atoms with Crippen molar-refractivity contribution in [2.75, 3.05) is 17.2 Å². The lowest BCUT2D eigenvalue weighted by Gasteiger charge is -2.22. The van der Waals surface area contributed by atoms with Gasteiger partial charge in [0.2, 0.25) is 10.0 Å². The van der Waals surface area contributed by atoms with Crippen LogP contribution in [0.2, 0.25) is 5.02 Å². The summed E-state index contributed by atoms with van der Waals surface area (Å²) < 4.78 is 27.1. The fourth-order valence-electron chi connectivity index (χ4n) is 1.83. The van der Waals surface area contributed by atoms with Gasteiger partial charge in [-0.1, -0.05) is 11.6 Å². The summed E-state index contributed by atoms with van der Waals surface area (Å²) in [6.07, 6.45) is 1.72. The van der Waals surface area contributed by atoms with Crippen molar-refractivity contribution in [2.45, 2.75) is 23.8 Å². The summed E-state index contributed by atoms with van der Waals surface area (Å²) >= 11 is 7.78. The number of nitrogens with one attached hydrogen (secondary N) is 1. The fourth-order valence-corrected chi connectivity index (χ4v) is 4.80. The predicted molar refractivity (Wildman–Crippen MR) is 76.5 cm³/mol. The Balaban J connectivity index is 2.19. The second-order valence-corrected chi connectivity index (χ2v) is 7.51. The van der Waals surface area contributed by atoms with E-state index in [9.17, 15) is 8.42 Å². The zero-order chi connectivity index (χ0) is 13.2. The number of hydrogen-bond donors (Lipinski definition) is 2. The summed E-state index contributed by atoms with van der Waals surface area (Å²) in [7, 11) is -3.55. The average molecular weight is 307 g/mol. The van der Waals surface area contributed by atoms with Crippen molar-refractivity contribution in [2.24, 2.45) is 0 Å². The molecule has 1 aliphatic rings. The maximum Gasteiger partial charge on any atom is 0.242 e.